The average Bonchev–Trinajstić information content (AvgIpc) is 3.26. The first-order valence-electron chi connectivity index (χ1n) is 24.5. The molecule has 0 aromatic carbocycles. The Bertz CT molecular complexity index is 1290. The third-order valence-electron chi connectivity index (χ3n) is 9.93. The molecular formula is C55H88O6. The Morgan fingerprint density at radius 2 is 0.656 bits per heavy atom. The third kappa shape index (κ3) is 47.0. The molecule has 0 heterocycles. The molecule has 0 radical (unpaired) electrons. The van der Waals surface area contributed by atoms with Crippen molar-refractivity contribution in [2.24, 2.45) is 0 Å². The molecule has 0 spiro atoms. The average molecular weight is 845 g/mol. The predicted molar refractivity (Wildman–Crippen MR) is 260 cm³/mol. The zero-order valence-corrected chi connectivity index (χ0v) is 39.1. The fraction of sp³-hybridized carbons (Fsp3) is 0.618. The van der Waals surface area contributed by atoms with E-state index in [9.17, 15) is 14.4 Å². The largest absolute Gasteiger partial charge is 0.462 e. The maximum atomic E-state index is 12.7. The Hall–Kier alpha value is -3.93. The van der Waals surface area contributed by atoms with Crippen LogP contribution >= 0.6 is 0 Å². The smallest absolute Gasteiger partial charge is 0.306 e. The van der Waals surface area contributed by atoms with Gasteiger partial charge in [0.15, 0.2) is 6.10 Å². The second-order valence-corrected chi connectivity index (χ2v) is 15.8. The summed E-state index contributed by atoms with van der Waals surface area (Å²) in [7, 11) is 0. The minimum atomic E-state index is -0.817. The first-order chi connectivity index (χ1) is 30.0. The summed E-state index contributed by atoms with van der Waals surface area (Å²) in [6, 6.07) is 0. The van der Waals surface area contributed by atoms with Crippen LogP contribution in [-0.4, -0.2) is 37.2 Å². The third-order valence-corrected chi connectivity index (χ3v) is 9.93. The van der Waals surface area contributed by atoms with Gasteiger partial charge in [0, 0.05) is 19.3 Å². The predicted octanol–water partition coefficient (Wildman–Crippen LogP) is 16.0. The lowest BCUT2D eigenvalue weighted by molar-refractivity contribution is -0.167. The van der Waals surface area contributed by atoms with Crippen molar-refractivity contribution in [2.75, 3.05) is 13.2 Å². The zero-order chi connectivity index (χ0) is 44.4. The zero-order valence-electron chi connectivity index (χ0n) is 39.1. The Morgan fingerprint density at radius 3 is 1.07 bits per heavy atom. The summed E-state index contributed by atoms with van der Waals surface area (Å²) < 4.78 is 16.7. The van der Waals surface area contributed by atoms with Gasteiger partial charge in [-0.2, -0.15) is 0 Å². The molecule has 0 aliphatic carbocycles. The van der Waals surface area contributed by atoms with Gasteiger partial charge in [0.25, 0.3) is 0 Å². The Balaban J connectivity index is 4.50. The summed E-state index contributed by atoms with van der Waals surface area (Å²) in [5.74, 6) is -1.00. The lowest BCUT2D eigenvalue weighted by Gasteiger charge is -2.18. The van der Waals surface area contributed by atoms with Crippen molar-refractivity contribution in [3.63, 3.8) is 0 Å². The van der Waals surface area contributed by atoms with Crippen LogP contribution in [0, 0.1) is 0 Å². The molecule has 1 atom stereocenters. The molecule has 0 saturated heterocycles. The maximum absolute atomic E-state index is 12.7. The Labute approximate surface area is 374 Å². The fourth-order valence-corrected chi connectivity index (χ4v) is 6.28. The number of allylic oxidation sites excluding steroid dienone is 18. The van der Waals surface area contributed by atoms with Crippen LogP contribution in [-0.2, 0) is 28.6 Å². The van der Waals surface area contributed by atoms with E-state index in [0.29, 0.717) is 19.3 Å². The summed E-state index contributed by atoms with van der Waals surface area (Å²) >= 11 is 0. The number of carbonyl (C=O) groups excluding carboxylic acids is 3. The summed E-state index contributed by atoms with van der Waals surface area (Å²) in [5, 5.41) is 0. The van der Waals surface area contributed by atoms with Gasteiger partial charge >= 0.3 is 17.9 Å². The summed E-state index contributed by atoms with van der Waals surface area (Å²) in [5.41, 5.74) is 0. The van der Waals surface area contributed by atoms with Crippen molar-refractivity contribution < 1.29 is 28.6 Å². The number of unbranched alkanes of at least 4 members (excludes halogenated alkanes) is 19. The highest BCUT2D eigenvalue weighted by Gasteiger charge is 2.19. The fourth-order valence-electron chi connectivity index (χ4n) is 6.28. The molecule has 0 amide bonds. The standard InChI is InChI=1S/C55H88O6/c1-4-7-10-13-16-19-22-25-26-27-28-31-33-36-39-42-45-48-54(57)60-51-52(61-55(58)49-46-43-40-37-34-30-24-21-18-15-12-9-6-3)50-59-53(56)47-44-41-38-35-32-29-23-20-17-14-11-8-5-2/h8-9,11-12,14-15,17-18,20-21,23-26,29-30,32,34,52H,4-7,10,13,16,19,22,27-28,31,33,35-51H2,1-3H3/b11-8-,12-9-,17-14-,18-15-,23-20-,24-21-,26-25-,32-29-,34-30-. The van der Waals surface area contributed by atoms with Crippen molar-refractivity contribution in [3.05, 3.63) is 109 Å². The number of rotatable bonds is 42. The summed E-state index contributed by atoms with van der Waals surface area (Å²) in [6.45, 7) is 6.26. The van der Waals surface area contributed by atoms with Crippen LogP contribution in [0.5, 0.6) is 0 Å². The number of esters is 3. The molecule has 0 bridgehead atoms. The Kier molecular flexibility index (Phi) is 45.6. The van der Waals surface area contributed by atoms with Crippen LogP contribution in [0.1, 0.15) is 201 Å². The van der Waals surface area contributed by atoms with Crippen molar-refractivity contribution >= 4 is 17.9 Å². The van der Waals surface area contributed by atoms with E-state index in [1.54, 1.807) is 0 Å². The molecule has 6 heteroatoms. The van der Waals surface area contributed by atoms with E-state index in [0.717, 1.165) is 77.0 Å². The van der Waals surface area contributed by atoms with Crippen LogP contribution in [0.3, 0.4) is 0 Å². The quantitative estimate of drug-likeness (QED) is 0.0200. The van der Waals surface area contributed by atoms with Gasteiger partial charge in [0.05, 0.1) is 0 Å². The van der Waals surface area contributed by atoms with Crippen LogP contribution in [0.2, 0.25) is 0 Å². The van der Waals surface area contributed by atoms with E-state index in [4.69, 9.17) is 14.2 Å². The monoisotopic (exact) mass is 845 g/mol. The van der Waals surface area contributed by atoms with Gasteiger partial charge in [-0.05, 0) is 83.5 Å². The molecule has 0 aromatic rings. The molecule has 0 aromatic heterocycles. The highest BCUT2D eigenvalue weighted by atomic mass is 16.6. The SMILES string of the molecule is CC\C=C/C=C\C=C/C=C\CCCCCC(=O)OCC(COC(=O)CCCCCCCCC/C=C\CCCCCCCC)OC(=O)CCCCC\C=C/C=C\C=C/C=C\CC. The topological polar surface area (TPSA) is 78.9 Å². The highest BCUT2D eigenvalue weighted by molar-refractivity contribution is 5.71. The minimum absolute atomic E-state index is 0.111. The molecule has 0 saturated carbocycles. The van der Waals surface area contributed by atoms with E-state index in [2.05, 4.69) is 57.2 Å². The molecule has 0 aliphatic heterocycles. The molecule has 0 aliphatic rings. The lowest BCUT2D eigenvalue weighted by Crippen LogP contribution is -2.30. The van der Waals surface area contributed by atoms with Gasteiger partial charge in [-0.25, -0.2) is 0 Å². The van der Waals surface area contributed by atoms with Crippen LogP contribution in [0.15, 0.2) is 109 Å². The molecule has 0 rings (SSSR count). The maximum Gasteiger partial charge on any atom is 0.306 e. The van der Waals surface area contributed by atoms with Crippen LogP contribution in [0.4, 0.5) is 0 Å². The highest BCUT2D eigenvalue weighted by Crippen LogP contribution is 2.13. The van der Waals surface area contributed by atoms with Crippen LogP contribution in [0.25, 0.3) is 0 Å². The van der Waals surface area contributed by atoms with E-state index in [1.807, 2.05) is 72.9 Å². The van der Waals surface area contributed by atoms with E-state index < -0.39 is 6.10 Å². The van der Waals surface area contributed by atoms with Crippen LogP contribution < -0.4 is 0 Å². The second kappa shape index (κ2) is 48.7. The van der Waals surface area contributed by atoms with Crippen molar-refractivity contribution in [1.82, 2.24) is 0 Å². The Morgan fingerprint density at radius 1 is 0.344 bits per heavy atom. The second-order valence-electron chi connectivity index (χ2n) is 15.8. The van der Waals surface area contributed by atoms with Gasteiger partial charge in [-0.1, -0.05) is 207 Å². The van der Waals surface area contributed by atoms with Gasteiger partial charge in [-0.15, -0.1) is 0 Å². The molecular weight excluding hydrogens is 757 g/mol. The number of hydrogen-bond acceptors (Lipinski definition) is 6. The van der Waals surface area contributed by atoms with E-state index in [1.165, 1.54) is 77.0 Å². The molecule has 0 N–H and O–H groups in total. The normalized spacial score (nSPS) is 13.0. The molecule has 61 heavy (non-hydrogen) atoms. The number of hydrogen-bond donors (Lipinski definition) is 0. The molecule has 344 valence electrons. The minimum Gasteiger partial charge on any atom is -0.462 e. The molecule has 1 unspecified atom stereocenters. The van der Waals surface area contributed by atoms with Gasteiger partial charge in [0.2, 0.25) is 0 Å². The van der Waals surface area contributed by atoms with E-state index in [-0.39, 0.29) is 37.5 Å². The van der Waals surface area contributed by atoms with Gasteiger partial charge < -0.3 is 14.2 Å². The first-order valence-corrected chi connectivity index (χ1v) is 24.5. The van der Waals surface area contributed by atoms with Crippen molar-refractivity contribution in [2.45, 2.75) is 207 Å². The molecule has 6 nitrogen and oxygen atoms in total. The lowest BCUT2D eigenvalue weighted by atomic mass is 10.1. The van der Waals surface area contributed by atoms with Crippen molar-refractivity contribution in [1.29, 1.82) is 0 Å². The number of ether oxygens (including phenoxy) is 3. The van der Waals surface area contributed by atoms with E-state index >= 15 is 0 Å². The van der Waals surface area contributed by atoms with Crippen molar-refractivity contribution in [3.8, 4) is 0 Å². The summed E-state index contributed by atoms with van der Waals surface area (Å²) in [4.78, 5) is 37.9. The summed E-state index contributed by atoms with van der Waals surface area (Å²) in [6.07, 6.45) is 65.0. The van der Waals surface area contributed by atoms with Gasteiger partial charge in [-0.3, -0.25) is 14.4 Å². The molecule has 0 fully saturated rings. The van der Waals surface area contributed by atoms with Gasteiger partial charge in [0.1, 0.15) is 13.2 Å². The first kappa shape index (κ1) is 57.1. The number of carbonyl (C=O) groups is 3.